The fourth-order valence-corrected chi connectivity index (χ4v) is 6.45. The number of rotatable bonds is 9. The maximum atomic E-state index is 12.5. The van der Waals surface area contributed by atoms with Gasteiger partial charge < -0.3 is 20.9 Å². The van der Waals surface area contributed by atoms with Crippen molar-refractivity contribution in [2.45, 2.75) is 51.5 Å². The normalized spacial score (nSPS) is 17.2. The Kier molecular flexibility index (Phi) is 8.27. The highest BCUT2D eigenvalue weighted by molar-refractivity contribution is 7.90. The second-order valence-corrected chi connectivity index (χ2v) is 14.3. The van der Waals surface area contributed by atoms with Crippen molar-refractivity contribution in [3.63, 3.8) is 0 Å². The number of anilines is 4. The van der Waals surface area contributed by atoms with E-state index >= 15 is 0 Å². The molecule has 0 unspecified atom stereocenters. The van der Waals surface area contributed by atoms with Gasteiger partial charge in [-0.15, -0.1) is 0 Å². The van der Waals surface area contributed by atoms with E-state index in [1.165, 1.54) is 11.8 Å². The third kappa shape index (κ3) is 6.66. The zero-order valence-corrected chi connectivity index (χ0v) is 25.5. The molecular weight excluding hydrogens is 560 g/mol. The van der Waals surface area contributed by atoms with Crippen molar-refractivity contribution in [2.75, 3.05) is 47.6 Å². The van der Waals surface area contributed by atoms with Gasteiger partial charge in [-0.25, -0.2) is 13.4 Å². The minimum absolute atomic E-state index is 0.0112. The molecule has 0 aliphatic carbocycles. The van der Waals surface area contributed by atoms with Gasteiger partial charge in [-0.1, -0.05) is 35.9 Å². The van der Waals surface area contributed by atoms with Gasteiger partial charge in [0, 0.05) is 30.7 Å². The average Bonchev–Trinajstić information content (AvgIpc) is 3.17. The molecule has 2 aliphatic rings. The van der Waals surface area contributed by atoms with E-state index < -0.39 is 15.3 Å². The fourth-order valence-electron chi connectivity index (χ4n) is 5.70. The van der Waals surface area contributed by atoms with Crippen LogP contribution in [-0.2, 0) is 26.6 Å². The number of piperidine rings is 1. The summed E-state index contributed by atoms with van der Waals surface area (Å²) in [7, 11) is -2.94. The van der Waals surface area contributed by atoms with Crippen LogP contribution in [0.15, 0.2) is 42.6 Å². The Morgan fingerprint density at radius 3 is 2.63 bits per heavy atom. The Balaban J connectivity index is 1.23. The number of hydrogen-bond acceptors (Lipinski definition) is 8. The van der Waals surface area contributed by atoms with Crippen LogP contribution in [0.1, 0.15) is 54.9 Å². The lowest BCUT2D eigenvalue weighted by molar-refractivity contribution is -0.119. The van der Waals surface area contributed by atoms with Crippen molar-refractivity contribution in [1.82, 2.24) is 14.9 Å². The first-order chi connectivity index (χ1) is 19.4. The molecule has 3 aromatic rings. The molecule has 0 saturated carbocycles. The molecule has 0 bridgehead atoms. The van der Waals surface area contributed by atoms with Crippen LogP contribution in [0.2, 0.25) is 5.02 Å². The summed E-state index contributed by atoms with van der Waals surface area (Å²) < 4.78 is 23.0. The molecule has 2 aliphatic heterocycles. The molecule has 1 aromatic heterocycles. The number of benzene rings is 2. The van der Waals surface area contributed by atoms with E-state index in [1.807, 2.05) is 32.0 Å². The van der Waals surface area contributed by atoms with E-state index in [9.17, 15) is 13.2 Å². The Morgan fingerprint density at radius 1 is 1.17 bits per heavy atom. The molecule has 9 nitrogen and oxygen atoms in total. The molecular formula is C30H37ClN6O3S. The number of amides is 1. The second-order valence-electron chi connectivity index (χ2n) is 11.6. The van der Waals surface area contributed by atoms with Crippen LogP contribution in [0.25, 0.3) is 0 Å². The zero-order valence-electron chi connectivity index (χ0n) is 23.9. The lowest BCUT2D eigenvalue weighted by Gasteiger charge is -2.32. The van der Waals surface area contributed by atoms with Gasteiger partial charge in [0.15, 0.2) is 5.82 Å². The predicted molar refractivity (Wildman–Crippen MR) is 165 cm³/mol. The van der Waals surface area contributed by atoms with Crippen molar-refractivity contribution < 1.29 is 13.2 Å². The molecule has 1 fully saturated rings. The monoisotopic (exact) mass is 596 g/mol. The third-order valence-electron chi connectivity index (χ3n) is 8.12. The molecule has 1 saturated heterocycles. The fraction of sp³-hybridized carbons (Fsp3) is 0.433. The topological polar surface area (TPSA) is 116 Å². The van der Waals surface area contributed by atoms with Crippen LogP contribution in [0.4, 0.5) is 23.1 Å². The number of carbonyl (C=O) groups excluding carboxylic acids is 1. The van der Waals surface area contributed by atoms with Gasteiger partial charge in [-0.05, 0) is 87.0 Å². The number of aryl methyl sites for hydroxylation is 1. The van der Waals surface area contributed by atoms with Crippen molar-refractivity contribution in [3.8, 4) is 0 Å². The van der Waals surface area contributed by atoms with Crippen molar-refractivity contribution in [1.29, 1.82) is 0 Å². The van der Waals surface area contributed by atoms with E-state index in [-0.39, 0.29) is 11.7 Å². The zero-order chi connectivity index (χ0) is 29.4. The minimum Gasteiger partial charge on any atom is -0.365 e. The number of nitrogens with zero attached hydrogens (tertiary/aromatic N) is 3. The van der Waals surface area contributed by atoms with Crippen LogP contribution in [0, 0.1) is 6.92 Å². The van der Waals surface area contributed by atoms with Gasteiger partial charge in [0.05, 0.1) is 17.4 Å². The second kappa shape index (κ2) is 11.6. The summed E-state index contributed by atoms with van der Waals surface area (Å²) in [6.07, 6.45) is 4.89. The quantitative estimate of drug-likeness (QED) is 0.307. The lowest BCUT2D eigenvalue weighted by Crippen LogP contribution is -2.36. The van der Waals surface area contributed by atoms with E-state index in [2.05, 4.69) is 55.9 Å². The van der Waals surface area contributed by atoms with Crippen molar-refractivity contribution in [3.05, 3.63) is 69.9 Å². The number of sulfone groups is 1. The third-order valence-corrected chi connectivity index (χ3v) is 9.32. The highest BCUT2D eigenvalue weighted by atomic mass is 35.5. The Morgan fingerprint density at radius 2 is 1.93 bits per heavy atom. The Labute approximate surface area is 247 Å². The molecule has 0 spiro atoms. The van der Waals surface area contributed by atoms with Gasteiger partial charge in [0.2, 0.25) is 11.9 Å². The molecule has 2 aromatic carbocycles. The number of likely N-dealkylation sites (tertiary alicyclic amines) is 1. The van der Waals surface area contributed by atoms with E-state index in [0.717, 1.165) is 54.0 Å². The molecule has 0 atom stereocenters. The van der Waals surface area contributed by atoms with Crippen LogP contribution < -0.4 is 16.0 Å². The summed E-state index contributed by atoms with van der Waals surface area (Å²) >= 11 is 6.44. The summed E-state index contributed by atoms with van der Waals surface area (Å²) in [4.78, 5) is 23.7. The smallest absolute Gasteiger partial charge is 0.234 e. The SMILES string of the molecule is Cc1cc(C2CCN(CCS(C)(=O)=O)CC2)ccc1Nc1ncc(Cl)c(NCc2cccc3c2C(C)(C)C(=O)N3)n1. The Hall–Kier alpha value is -3.21. The minimum atomic E-state index is -2.94. The maximum absolute atomic E-state index is 12.5. The summed E-state index contributed by atoms with van der Waals surface area (Å²) in [5.41, 5.74) is 5.51. The summed E-state index contributed by atoms with van der Waals surface area (Å²) in [6, 6.07) is 12.3. The standard InChI is InChI=1S/C30H37ClN6O3S/c1-19-16-21(20-10-12-37(13-11-20)14-15-41(4,39)40)8-9-24(19)35-29-33-18-23(31)27(36-29)32-17-22-6-5-7-25-26(22)30(2,3)28(38)34-25/h5-9,16,18,20H,10-15,17H2,1-4H3,(H,34,38)(H2,32,33,35,36). The number of aromatic nitrogens is 2. The Bertz CT molecular complexity index is 1570. The van der Waals surface area contributed by atoms with Crippen LogP contribution >= 0.6 is 11.6 Å². The molecule has 3 heterocycles. The van der Waals surface area contributed by atoms with Gasteiger partial charge in [-0.3, -0.25) is 4.79 Å². The van der Waals surface area contributed by atoms with Crippen LogP contribution in [-0.4, -0.2) is 60.8 Å². The van der Waals surface area contributed by atoms with Gasteiger partial charge in [0.1, 0.15) is 14.9 Å². The molecule has 3 N–H and O–H groups in total. The number of carbonyl (C=O) groups is 1. The summed E-state index contributed by atoms with van der Waals surface area (Å²) in [5.74, 6) is 1.60. The molecule has 5 rings (SSSR count). The van der Waals surface area contributed by atoms with E-state index in [4.69, 9.17) is 11.6 Å². The average molecular weight is 597 g/mol. The van der Waals surface area contributed by atoms with Gasteiger partial charge >= 0.3 is 0 Å². The first-order valence-corrected chi connectivity index (χ1v) is 16.3. The van der Waals surface area contributed by atoms with E-state index in [0.29, 0.717) is 35.8 Å². The van der Waals surface area contributed by atoms with Crippen molar-refractivity contribution in [2.24, 2.45) is 0 Å². The molecule has 218 valence electrons. The number of nitrogens with one attached hydrogen (secondary N) is 3. The molecule has 11 heteroatoms. The largest absolute Gasteiger partial charge is 0.365 e. The molecule has 1 amide bonds. The number of halogens is 1. The number of fused-ring (bicyclic) bond motifs is 1. The van der Waals surface area contributed by atoms with Crippen LogP contribution in [0.3, 0.4) is 0 Å². The highest BCUT2D eigenvalue weighted by Crippen LogP contribution is 2.40. The summed E-state index contributed by atoms with van der Waals surface area (Å²) in [5, 5.41) is 10.0. The predicted octanol–water partition coefficient (Wildman–Crippen LogP) is 5.25. The summed E-state index contributed by atoms with van der Waals surface area (Å²) in [6.45, 7) is 8.79. The lowest BCUT2D eigenvalue weighted by atomic mass is 9.83. The van der Waals surface area contributed by atoms with Crippen molar-refractivity contribution >= 4 is 50.5 Å². The first kappa shape index (κ1) is 29.3. The van der Waals surface area contributed by atoms with Crippen LogP contribution in [0.5, 0.6) is 0 Å². The number of hydrogen-bond donors (Lipinski definition) is 3. The highest BCUT2D eigenvalue weighted by Gasteiger charge is 2.39. The molecule has 0 radical (unpaired) electrons. The van der Waals surface area contributed by atoms with Gasteiger partial charge in [-0.2, -0.15) is 4.98 Å². The van der Waals surface area contributed by atoms with E-state index in [1.54, 1.807) is 6.20 Å². The maximum Gasteiger partial charge on any atom is 0.234 e. The first-order valence-electron chi connectivity index (χ1n) is 13.9. The van der Waals surface area contributed by atoms with Gasteiger partial charge in [0.25, 0.3) is 0 Å². The molecule has 41 heavy (non-hydrogen) atoms.